The van der Waals surface area contributed by atoms with Crippen molar-refractivity contribution in [1.29, 1.82) is 0 Å². The molecule has 2 aromatic carbocycles. The minimum Gasteiger partial charge on any atom is -0.326 e. The third-order valence-electron chi connectivity index (χ3n) is 3.40. The second kappa shape index (κ2) is 7.44. The van der Waals surface area contributed by atoms with Gasteiger partial charge in [-0.05, 0) is 31.2 Å². The molecule has 0 aliphatic heterocycles. The lowest BCUT2D eigenvalue weighted by atomic mass is 10.2. The summed E-state index contributed by atoms with van der Waals surface area (Å²) in [4.78, 5) is 12.0. The molecule has 0 spiro atoms. The summed E-state index contributed by atoms with van der Waals surface area (Å²) in [5, 5.41) is 2.69. The first kappa shape index (κ1) is 17.9. The van der Waals surface area contributed by atoms with Gasteiger partial charge in [0.05, 0.1) is 11.9 Å². The number of nitrogens with zero attached hydrogens (tertiary/aromatic N) is 1. The zero-order valence-electron chi connectivity index (χ0n) is 13.5. The van der Waals surface area contributed by atoms with E-state index in [0.717, 1.165) is 16.1 Å². The van der Waals surface area contributed by atoms with Gasteiger partial charge in [-0.1, -0.05) is 29.8 Å². The number of anilines is 2. The summed E-state index contributed by atoms with van der Waals surface area (Å²) < 4.78 is 38.6. The van der Waals surface area contributed by atoms with Gasteiger partial charge in [-0.3, -0.25) is 9.10 Å². The number of carbonyl (C=O) groups excluding carboxylic acids is 1. The highest BCUT2D eigenvalue weighted by molar-refractivity contribution is 7.92. The van der Waals surface area contributed by atoms with Crippen molar-refractivity contribution in [2.45, 2.75) is 13.3 Å². The Labute approximate surface area is 141 Å². The van der Waals surface area contributed by atoms with Crippen LogP contribution in [0, 0.1) is 12.7 Å². The molecule has 0 fully saturated rings. The highest BCUT2D eigenvalue weighted by atomic mass is 32.2. The number of sulfonamides is 1. The summed E-state index contributed by atoms with van der Waals surface area (Å²) in [6, 6.07) is 12.8. The number of amides is 1. The lowest BCUT2D eigenvalue weighted by molar-refractivity contribution is -0.116. The number of halogens is 1. The molecule has 0 heterocycles. The molecule has 7 heteroatoms. The number of benzene rings is 2. The minimum atomic E-state index is -3.70. The second-order valence-electron chi connectivity index (χ2n) is 5.45. The molecule has 1 amide bonds. The summed E-state index contributed by atoms with van der Waals surface area (Å²) in [5.41, 5.74) is 1.63. The molecule has 24 heavy (non-hydrogen) atoms. The first-order chi connectivity index (χ1) is 11.3. The van der Waals surface area contributed by atoms with E-state index < -0.39 is 15.8 Å². The van der Waals surface area contributed by atoms with E-state index in [1.807, 2.05) is 19.1 Å². The highest BCUT2D eigenvalue weighted by Gasteiger charge is 2.21. The van der Waals surface area contributed by atoms with Gasteiger partial charge in [0.1, 0.15) is 5.82 Å². The number of hydrogen-bond acceptors (Lipinski definition) is 3. The van der Waals surface area contributed by atoms with Crippen LogP contribution in [-0.4, -0.2) is 27.1 Å². The highest BCUT2D eigenvalue weighted by Crippen LogP contribution is 2.21. The number of para-hydroxylation sites is 1. The molecule has 128 valence electrons. The van der Waals surface area contributed by atoms with E-state index in [0.29, 0.717) is 5.69 Å². The summed E-state index contributed by atoms with van der Waals surface area (Å²) in [7, 11) is -3.70. The normalized spacial score (nSPS) is 11.1. The van der Waals surface area contributed by atoms with Gasteiger partial charge in [0, 0.05) is 18.7 Å². The quantitative estimate of drug-likeness (QED) is 0.871. The van der Waals surface area contributed by atoms with Crippen LogP contribution in [0.1, 0.15) is 12.0 Å². The number of hydrogen-bond donors (Lipinski definition) is 1. The van der Waals surface area contributed by atoms with Crippen molar-refractivity contribution in [3.8, 4) is 0 Å². The van der Waals surface area contributed by atoms with Crippen LogP contribution in [0.2, 0.25) is 0 Å². The fraction of sp³-hybridized carbons (Fsp3) is 0.235. The van der Waals surface area contributed by atoms with E-state index in [9.17, 15) is 17.6 Å². The van der Waals surface area contributed by atoms with Crippen molar-refractivity contribution >= 4 is 27.3 Å². The Morgan fingerprint density at radius 2 is 1.75 bits per heavy atom. The topological polar surface area (TPSA) is 66.5 Å². The van der Waals surface area contributed by atoms with Gasteiger partial charge in [0.15, 0.2) is 0 Å². The van der Waals surface area contributed by atoms with Crippen LogP contribution in [0.15, 0.2) is 48.5 Å². The lowest BCUT2D eigenvalue weighted by Gasteiger charge is -2.22. The Balaban J connectivity index is 2.07. The van der Waals surface area contributed by atoms with Gasteiger partial charge in [-0.15, -0.1) is 0 Å². The van der Waals surface area contributed by atoms with Gasteiger partial charge in [0.2, 0.25) is 15.9 Å². The molecule has 0 aliphatic carbocycles. The predicted octanol–water partition coefficient (Wildman–Crippen LogP) is 2.93. The molecule has 0 unspecified atom stereocenters. The predicted molar refractivity (Wildman–Crippen MR) is 93.0 cm³/mol. The number of aryl methyl sites for hydroxylation is 1. The minimum absolute atomic E-state index is 0.0665. The smallest absolute Gasteiger partial charge is 0.232 e. The van der Waals surface area contributed by atoms with E-state index in [1.165, 1.54) is 18.2 Å². The standard InChI is InChI=1S/C17H19FN2O3S/c1-13-7-9-14(10-8-13)19-17(21)11-12-20(24(2,22)23)16-6-4-3-5-15(16)18/h3-10H,11-12H2,1-2H3,(H,19,21). The van der Waals surface area contributed by atoms with Crippen molar-refractivity contribution in [3.63, 3.8) is 0 Å². The van der Waals surface area contributed by atoms with Crippen molar-refractivity contribution in [3.05, 3.63) is 59.9 Å². The molecule has 2 rings (SSSR count). The summed E-state index contributed by atoms with van der Waals surface area (Å²) in [6.07, 6.45) is 0.895. The van der Waals surface area contributed by atoms with Gasteiger partial charge in [0.25, 0.3) is 0 Å². The molecule has 0 bridgehead atoms. The van der Waals surface area contributed by atoms with Crippen LogP contribution < -0.4 is 9.62 Å². The third-order valence-corrected chi connectivity index (χ3v) is 4.58. The zero-order valence-corrected chi connectivity index (χ0v) is 14.3. The van der Waals surface area contributed by atoms with Crippen LogP contribution in [0.5, 0.6) is 0 Å². The maximum absolute atomic E-state index is 13.9. The van der Waals surface area contributed by atoms with Gasteiger partial charge in [-0.25, -0.2) is 12.8 Å². The third kappa shape index (κ3) is 4.79. The second-order valence-corrected chi connectivity index (χ2v) is 7.36. The largest absolute Gasteiger partial charge is 0.326 e. The molecule has 0 saturated carbocycles. The molecule has 0 radical (unpaired) electrons. The molecule has 0 saturated heterocycles. The zero-order chi connectivity index (χ0) is 17.7. The molecule has 1 N–H and O–H groups in total. The van der Waals surface area contributed by atoms with Crippen molar-refractivity contribution in [2.24, 2.45) is 0 Å². The van der Waals surface area contributed by atoms with Crippen molar-refractivity contribution in [1.82, 2.24) is 0 Å². The fourth-order valence-electron chi connectivity index (χ4n) is 2.18. The molecule has 0 aliphatic rings. The average Bonchev–Trinajstić information content (AvgIpc) is 2.50. The Morgan fingerprint density at radius 3 is 2.33 bits per heavy atom. The van der Waals surface area contributed by atoms with Crippen molar-refractivity contribution < 1.29 is 17.6 Å². The number of carbonyl (C=O) groups is 1. The van der Waals surface area contributed by atoms with Crippen LogP contribution in [0.3, 0.4) is 0 Å². The van der Waals surface area contributed by atoms with E-state index in [-0.39, 0.29) is 24.6 Å². The Hall–Kier alpha value is -2.41. The molecular weight excluding hydrogens is 331 g/mol. The average molecular weight is 350 g/mol. The van der Waals surface area contributed by atoms with Gasteiger partial charge >= 0.3 is 0 Å². The fourth-order valence-corrected chi connectivity index (χ4v) is 3.11. The molecule has 0 atom stereocenters. The van der Waals surface area contributed by atoms with Crippen molar-refractivity contribution in [2.75, 3.05) is 22.4 Å². The van der Waals surface area contributed by atoms with Crippen LogP contribution in [-0.2, 0) is 14.8 Å². The van der Waals surface area contributed by atoms with E-state index in [2.05, 4.69) is 5.32 Å². The Bertz CT molecular complexity index is 820. The molecular formula is C17H19FN2O3S. The summed E-state index contributed by atoms with van der Waals surface area (Å²) >= 11 is 0. The SMILES string of the molecule is Cc1ccc(NC(=O)CCN(c2ccccc2F)S(C)(=O)=O)cc1. The van der Waals surface area contributed by atoms with E-state index >= 15 is 0 Å². The lowest BCUT2D eigenvalue weighted by Crippen LogP contribution is -2.33. The summed E-state index contributed by atoms with van der Waals surface area (Å²) in [6.45, 7) is 1.79. The summed E-state index contributed by atoms with van der Waals surface area (Å²) in [5.74, 6) is -0.995. The van der Waals surface area contributed by atoms with E-state index in [4.69, 9.17) is 0 Å². The van der Waals surface area contributed by atoms with Gasteiger partial charge in [-0.2, -0.15) is 0 Å². The van der Waals surface area contributed by atoms with Gasteiger partial charge < -0.3 is 5.32 Å². The number of rotatable bonds is 6. The maximum Gasteiger partial charge on any atom is 0.232 e. The maximum atomic E-state index is 13.9. The van der Waals surface area contributed by atoms with Crippen LogP contribution in [0.4, 0.5) is 15.8 Å². The van der Waals surface area contributed by atoms with Crippen LogP contribution in [0.25, 0.3) is 0 Å². The first-order valence-corrected chi connectivity index (χ1v) is 9.21. The molecule has 2 aromatic rings. The molecule has 0 aromatic heterocycles. The van der Waals surface area contributed by atoms with Crippen LogP contribution >= 0.6 is 0 Å². The Kier molecular flexibility index (Phi) is 5.56. The number of nitrogens with one attached hydrogen (secondary N) is 1. The molecule has 5 nitrogen and oxygen atoms in total. The monoisotopic (exact) mass is 350 g/mol. The first-order valence-electron chi connectivity index (χ1n) is 7.36. The van der Waals surface area contributed by atoms with E-state index in [1.54, 1.807) is 18.2 Å². The Morgan fingerprint density at radius 1 is 1.12 bits per heavy atom.